The van der Waals surface area contributed by atoms with Gasteiger partial charge in [0.25, 0.3) is 0 Å². The molecular weight excluding hydrogens is 381 g/mol. The summed E-state index contributed by atoms with van der Waals surface area (Å²) in [5.74, 6) is -1.06. The number of aromatic carboxylic acids is 1. The van der Waals surface area contributed by atoms with E-state index in [4.69, 9.17) is 4.42 Å². The van der Waals surface area contributed by atoms with E-state index in [-0.39, 0.29) is 5.76 Å². The number of benzene rings is 2. The molecule has 1 heterocycles. The van der Waals surface area contributed by atoms with Gasteiger partial charge in [0, 0.05) is 26.8 Å². The third kappa shape index (κ3) is 2.73. The normalized spacial score (nSPS) is 10.7. The third-order valence-corrected chi connectivity index (χ3v) is 4.16. The van der Waals surface area contributed by atoms with Crippen molar-refractivity contribution in [3.05, 3.63) is 63.4 Å². The lowest BCUT2D eigenvalue weighted by Crippen LogP contribution is -2.05. The Labute approximate surface area is 134 Å². The van der Waals surface area contributed by atoms with Gasteiger partial charge in [0.05, 0.1) is 0 Å². The Bertz CT molecular complexity index is 810. The number of nitrogens with one attached hydrogen (secondary N) is 1. The van der Waals surface area contributed by atoms with Crippen molar-refractivity contribution < 1.29 is 14.3 Å². The summed E-state index contributed by atoms with van der Waals surface area (Å²) in [6.07, 6.45) is 0. The minimum atomic E-state index is -1.05. The van der Waals surface area contributed by atoms with Crippen molar-refractivity contribution in [2.75, 3.05) is 5.32 Å². The van der Waals surface area contributed by atoms with Crippen molar-refractivity contribution in [2.45, 2.75) is 6.54 Å². The fourth-order valence-corrected chi connectivity index (χ4v) is 2.81. The predicted octanol–water partition coefficient (Wildman–Crippen LogP) is 4.35. The largest absolute Gasteiger partial charge is 0.475 e. The molecule has 0 aliphatic carbocycles. The van der Waals surface area contributed by atoms with E-state index in [1.54, 1.807) is 6.07 Å². The number of halogens is 1. The van der Waals surface area contributed by atoms with Crippen LogP contribution in [0, 0.1) is 3.57 Å². The summed E-state index contributed by atoms with van der Waals surface area (Å²) in [6, 6.07) is 15.2. The first-order valence-corrected chi connectivity index (χ1v) is 7.47. The van der Waals surface area contributed by atoms with Gasteiger partial charge in [-0.3, -0.25) is 0 Å². The SMILES string of the molecule is O=C(O)c1oc2ccccc2c1CNc1ccccc1I. The van der Waals surface area contributed by atoms with Crippen LogP contribution in [0.4, 0.5) is 5.69 Å². The third-order valence-electron chi connectivity index (χ3n) is 3.22. The van der Waals surface area contributed by atoms with Crippen LogP contribution in [0.15, 0.2) is 52.9 Å². The Morgan fingerprint density at radius 1 is 1.14 bits per heavy atom. The van der Waals surface area contributed by atoms with Gasteiger partial charge in [0.15, 0.2) is 0 Å². The Hall–Kier alpha value is -2.02. The van der Waals surface area contributed by atoms with Gasteiger partial charge in [-0.1, -0.05) is 30.3 Å². The van der Waals surface area contributed by atoms with E-state index >= 15 is 0 Å². The van der Waals surface area contributed by atoms with E-state index in [1.165, 1.54) is 0 Å². The van der Waals surface area contributed by atoms with E-state index in [0.717, 1.165) is 14.6 Å². The van der Waals surface area contributed by atoms with Gasteiger partial charge in [-0.15, -0.1) is 0 Å². The average molecular weight is 393 g/mol. The molecule has 3 rings (SSSR count). The van der Waals surface area contributed by atoms with Crippen LogP contribution in [0.5, 0.6) is 0 Å². The van der Waals surface area contributed by atoms with Crippen molar-refractivity contribution >= 4 is 45.2 Å². The number of carboxylic acids is 1. The second kappa shape index (κ2) is 5.77. The molecule has 0 unspecified atom stereocenters. The summed E-state index contributed by atoms with van der Waals surface area (Å²) >= 11 is 2.24. The summed E-state index contributed by atoms with van der Waals surface area (Å²) in [6.45, 7) is 0.401. The van der Waals surface area contributed by atoms with E-state index in [1.807, 2.05) is 42.5 Å². The highest BCUT2D eigenvalue weighted by Crippen LogP contribution is 2.27. The molecule has 0 radical (unpaired) electrons. The van der Waals surface area contributed by atoms with Crippen LogP contribution in [-0.4, -0.2) is 11.1 Å². The number of anilines is 1. The fourth-order valence-electron chi connectivity index (χ4n) is 2.24. The van der Waals surface area contributed by atoms with E-state index in [0.29, 0.717) is 17.7 Å². The molecule has 106 valence electrons. The van der Waals surface area contributed by atoms with Crippen molar-refractivity contribution in [1.82, 2.24) is 0 Å². The molecule has 0 aliphatic rings. The molecule has 2 N–H and O–H groups in total. The molecule has 0 aliphatic heterocycles. The lowest BCUT2D eigenvalue weighted by atomic mass is 10.1. The highest BCUT2D eigenvalue weighted by molar-refractivity contribution is 14.1. The minimum Gasteiger partial charge on any atom is -0.475 e. The number of hydrogen-bond donors (Lipinski definition) is 2. The van der Waals surface area contributed by atoms with Crippen LogP contribution in [0.2, 0.25) is 0 Å². The van der Waals surface area contributed by atoms with Crippen LogP contribution in [0.25, 0.3) is 11.0 Å². The summed E-state index contributed by atoms with van der Waals surface area (Å²) < 4.78 is 6.52. The quantitative estimate of drug-likeness (QED) is 0.648. The monoisotopic (exact) mass is 393 g/mol. The van der Waals surface area contributed by atoms with Gasteiger partial charge >= 0.3 is 5.97 Å². The van der Waals surface area contributed by atoms with Gasteiger partial charge < -0.3 is 14.8 Å². The van der Waals surface area contributed by atoms with Crippen molar-refractivity contribution in [3.8, 4) is 0 Å². The summed E-state index contributed by atoms with van der Waals surface area (Å²) in [4.78, 5) is 11.3. The summed E-state index contributed by atoms with van der Waals surface area (Å²) in [5, 5.41) is 13.4. The van der Waals surface area contributed by atoms with Gasteiger partial charge in [-0.25, -0.2) is 4.79 Å². The molecular formula is C16H12INO3. The first kappa shape index (κ1) is 13.9. The van der Waals surface area contributed by atoms with Gasteiger partial charge in [0.1, 0.15) is 5.58 Å². The van der Waals surface area contributed by atoms with Crippen LogP contribution >= 0.6 is 22.6 Å². The molecule has 0 fully saturated rings. The molecule has 0 spiro atoms. The van der Waals surface area contributed by atoms with Crippen LogP contribution in [0.3, 0.4) is 0 Å². The Morgan fingerprint density at radius 2 is 1.86 bits per heavy atom. The number of rotatable bonds is 4. The molecule has 0 atom stereocenters. The number of hydrogen-bond acceptors (Lipinski definition) is 3. The van der Waals surface area contributed by atoms with Gasteiger partial charge in [-0.05, 0) is 40.8 Å². The first-order chi connectivity index (χ1) is 10.2. The maximum absolute atomic E-state index is 11.3. The fraction of sp³-hybridized carbons (Fsp3) is 0.0625. The first-order valence-electron chi connectivity index (χ1n) is 6.39. The zero-order valence-corrected chi connectivity index (χ0v) is 13.1. The second-order valence-corrected chi connectivity index (χ2v) is 5.71. The smallest absolute Gasteiger partial charge is 0.372 e. The molecule has 2 aromatic carbocycles. The summed E-state index contributed by atoms with van der Waals surface area (Å²) in [5.41, 5.74) is 2.23. The summed E-state index contributed by atoms with van der Waals surface area (Å²) in [7, 11) is 0. The number of fused-ring (bicyclic) bond motifs is 1. The molecule has 0 saturated heterocycles. The zero-order chi connectivity index (χ0) is 14.8. The molecule has 5 heteroatoms. The molecule has 4 nitrogen and oxygen atoms in total. The van der Waals surface area contributed by atoms with Gasteiger partial charge in [-0.2, -0.15) is 0 Å². The topological polar surface area (TPSA) is 62.5 Å². The number of carbonyl (C=O) groups is 1. The molecule has 0 bridgehead atoms. The standard InChI is InChI=1S/C16H12INO3/c17-12-6-2-3-7-13(12)18-9-11-10-5-1-4-8-14(10)21-15(11)16(19)20/h1-8,18H,9H2,(H,19,20). The molecule has 21 heavy (non-hydrogen) atoms. The van der Waals surface area contributed by atoms with Crippen molar-refractivity contribution in [2.24, 2.45) is 0 Å². The van der Waals surface area contributed by atoms with Crippen LogP contribution in [-0.2, 0) is 6.54 Å². The van der Waals surface area contributed by atoms with Crippen LogP contribution < -0.4 is 5.32 Å². The van der Waals surface area contributed by atoms with E-state index < -0.39 is 5.97 Å². The highest BCUT2D eigenvalue weighted by Gasteiger charge is 2.19. The van der Waals surface area contributed by atoms with Crippen LogP contribution in [0.1, 0.15) is 16.1 Å². The molecule has 0 saturated carbocycles. The lowest BCUT2D eigenvalue weighted by Gasteiger charge is -2.08. The van der Waals surface area contributed by atoms with Crippen molar-refractivity contribution in [1.29, 1.82) is 0 Å². The van der Waals surface area contributed by atoms with E-state index in [9.17, 15) is 9.90 Å². The second-order valence-electron chi connectivity index (χ2n) is 4.54. The Balaban J connectivity index is 1.98. The Morgan fingerprint density at radius 3 is 2.62 bits per heavy atom. The zero-order valence-electron chi connectivity index (χ0n) is 11.0. The lowest BCUT2D eigenvalue weighted by molar-refractivity contribution is 0.0663. The molecule has 0 amide bonds. The molecule has 1 aromatic heterocycles. The van der Waals surface area contributed by atoms with Gasteiger partial charge in [0.2, 0.25) is 5.76 Å². The van der Waals surface area contributed by atoms with E-state index in [2.05, 4.69) is 27.9 Å². The number of carboxylic acid groups (broad SMARTS) is 1. The average Bonchev–Trinajstić information content (AvgIpc) is 2.85. The predicted molar refractivity (Wildman–Crippen MR) is 89.7 cm³/mol. The minimum absolute atomic E-state index is 0.00496. The number of para-hydroxylation sites is 2. The Kier molecular flexibility index (Phi) is 3.83. The van der Waals surface area contributed by atoms with Crippen molar-refractivity contribution in [3.63, 3.8) is 0 Å². The molecule has 3 aromatic rings. The number of furan rings is 1. The maximum atomic E-state index is 11.3. The highest BCUT2D eigenvalue weighted by atomic mass is 127. The maximum Gasteiger partial charge on any atom is 0.372 e.